The van der Waals surface area contributed by atoms with Gasteiger partial charge in [-0.25, -0.2) is 4.79 Å². The van der Waals surface area contributed by atoms with Crippen LogP contribution >= 0.6 is 11.6 Å². The second-order valence-corrected chi connectivity index (χ2v) is 9.91. The lowest BCUT2D eigenvalue weighted by Gasteiger charge is -2.30. The van der Waals surface area contributed by atoms with E-state index in [2.05, 4.69) is 40.1 Å². The maximum absolute atomic E-state index is 12.1. The van der Waals surface area contributed by atoms with Gasteiger partial charge in [0.2, 0.25) is 0 Å². The standard InChI is InChI=1S/C25H30ClN3O2/c1-16-13-18(26)7-10-22(16)29-15-21(20-11-12-27-14-23(20)29)17-5-8-19(9-6-17)28-24(30)31-25(2,3)4/h7,10-15,17,19H,5-6,8-9H2,1-4H3,(H,28,30). The molecule has 0 atom stereocenters. The van der Waals surface area contributed by atoms with Gasteiger partial charge >= 0.3 is 6.09 Å². The number of aryl methyl sites for hydroxylation is 1. The smallest absolute Gasteiger partial charge is 0.407 e. The first-order valence-electron chi connectivity index (χ1n) is 10.9. The summed E-state index contributed by atoms with van der Waals surface area (Å²) in [4.78, 5) is 16.5. The molecule has 31 heavy (non-hydrogen) atoms. The highest BCUT2D eigenvalue weighted by Gasteiger charge is 2.27. The molecular formula is C25H30ClN3O2. The summed E-state index contributed by atoms with van der Waals surface area (Å²) in [6, 6.07) is 8.26. The first-order chi connectivity index (χ1) is 14.7. The second-order valence-electron chi connectivity index (χ2n) is 9.47. The first kappa shape index (κ1) is 21.7. The van der Waals surface area contributed by atoms with Crippen molar-refractivity contribution in [1.29, 1.82) is 0 Å². The SMILES string of the molecule is Cc1cc(Cl)ccc1-n1cc(C2CCC(NC(=O)OC(C)(C)C)CC2)c2ccncc21. The number of carbonyl (C=O) groups is 1. The van der Waals surface area contributed by atoms with E-state index in [0.29, 0.717) is 5.92 Å². The van der Waals surface area contributed by atoms with Gasteiger partial charge in [0.05, 0.1) is 11.7 Å². The maximum Gasteiger partial charge on any atom is 0.407 e. The predicted molar refractivity (Wildman–Crippen MR) is 125 cm³/mol. The fourth-order valence-electron chi connectivity index (χ4n) is 4.54. The van der Waals surface area contributed by atoms with Crippen LogP contribution in [-0.2, 0) is 4.74 Å². The normalized spacial score (nSPS) is 19.4. The summed E-state index contributed by atoms with van der Waals surface area (Å²) in [7, 11) is 0. The molecule has 1 aliphatic rings. The van der Waals surface area contributed by atoms with Gasteiger partial charge in [0.1, 0.15) is 5.60 Å². The predicted octanol–water partition coefficient (Wildman–Crippen LogP) is 6.54. The molecule has 1 aromatic carbocycles. The Balaban J connectivity index is 1.54. The number of alkyl carbamates (subject to hydrolysis) is 1. The molecule has 3 aromatic rings. The number of amides is 1. The molecular weight excluding hydrogens is 410 g/mol. The molecule has 1 N–H and O–H groups in total. The van der Waals surface area contributed by atoms with Crippen molar-refractivity contribution in [2.75, 3.05) is 0 Å². The van der Waals surface area contributed by atoms with Crippen LogP contribution in [0.2, 0.25) is 5.02 Å². The zero-order chi connectivity index (χ0) is 22.2. The van der Waals surface area contributed by atoms with Crippen LogP contribution in [0.25, 0.3) is 16.6 Å². The minimum Gasteiger partial charge on any atom is -0.444 e. The third kappa shape index (κ3) is 4.87. The molecule has 2 aromatic heterocycles. The highest BCUT2D eigenvalue weighted by atomic mass is 35.5. The number of pyridine rings is 1. The van der Waals surface area contributed by atoms with Crippen molar-refractivity contribution in [3.8, 4) is 5.69 Å². The number of nitrogens with zero attached hydrogens (tertiary/aromatic N) is 2. The lowest BCUT2D eigenvalue weighted by atomic mass is 9.82. The Labute approximate surface area is 188 Å². The summed E-state index contributed by atoms with van der Waals surface area (Å²) in [5, 5.41) is 5.03. The molecule has 1 saturated carbocycles. The van der Waals surface area contributed by atoms with Crippen molar-refractivity contribution in [3.05, 3.63) is 59.0 Å². The van der Waals surface area contributed by atoms with Crippen LogP contribution in [0, 0.1) is 6.92 Å². The van der Waals surface area contributed by atoms with Gasteiger partial charge < -0.3 is 14.6 Å². The van der Waals surface area contributed by atoms with E-state index in [-0.39, 0.29) is 12.1 Å². The average molecular weight is 440 g/mol. The topological polar surface area (TPSA) is 56.2 Å². The summed E-state index contributed by atoms with van der Waals surface area (Å²) in [5.41, 5.74) is 4.23. The molecule has 4 rings (SSSR count). The van der Waals surface area contributed by atoms with Crippen molar-refractivity contribution in [2.24, 2.45) is 0 Å². The average Bonchev–Trinajstić information content (AvgIpc) is 3.07. The number of benzene rings is 1. The van der Waals surface area contributed by atoms with Gasteiger partial charge in [-0.1, -0.05) is 11.6 Å². The van der Waals surface area contributed by atoms with Gasteiger partial charge in [0.25, 0.3) is 0 Å². The Hall–Kier alpha value is -2.53. The van der Waals surface area contributed by atoms with Crippen LogP contribution in [-0.4, -0.2) is 27.3 Å². The van der Waals surface area contributed by atoms with E-state index in [0.717, 1.165) is 47.5 Å². The Bertz CT molecular complexity index is 1090. The van der Waals surface area contributed by atoms with E-state index < -0.39 is 5.60 Å². The van der Waals surface area contributed by atoms with Gasteiger partial charge in [-0.3, -0.25) is 4.98 Å². The molecule has 5 nitrogen and oxygen atoms in total. The summed E-state index contributed by atoms with van der Waals surface area (Å²) in [5.74, 6) is 0.454. The van der Waals surface area contributed by atoms with Gasteiger partial charge in [0.15, 0.2) is 0 Å². The number of aromatic nitrogens is 2. The largest absolute Gasteiger partial charge is 0.444 e. The molecule has 6 heteroatoms. The molecule has 0 spiro atoms. The molecule has 0 saturated heterocycles. The fraction of sp³-hybridized carbons (Fsp3) is 0.440. The van der Waals surface area contributed by atoms with E-state index in [1.165, 1.54) is 10.9 Å². The van der Waals surface area contributed by atoms with Crippen LogP contribution in [0.3, 0.4) is 0 Å². The molecule has 1 fully saturated rings. The maximum atomic E-state index is 12.1. The van der Waals surface area contributed by atoms with E-state index in [9.17, 15) is 4.79 Å². The first-order valence-corrected chi connectivity index (χ1v) is 11.3. The highest BCUT2D eigenvalue weighted by molar-refractivity contribution is 6.30. The van der Waals surface area contributed by atoms with Crippen LogP contribution < -0.4 is 5.32 Å². The lowest BCUT2D eigenvalue weighted by molar-refractivity contribution is 0.0491. The number of halogens is 1. The van der Waals surface area contributed by atoms with Crippen LogP contribution in [0.4, 0.5) is 4.79 Å². The van der Waals surface area contributed by atoms with E-state index >= 15 is 0 Å². The summed E-state index contributed by atoms with van der Waals surface area (Å²) < 4.78 is 7.64. The molecule has 0 aliphatic heterocycles. The van der Waals surface area contributed by atoms with Crippen molar-refractivity contribution in [1.82, 2.24) is 14.9 Å². The summed E-state index contributed by atoms with van der Waals surface area (Å²) in [6.07, 6.45) is 9.68. The third-order valence-electron chi connectivity index (χ3n) is 5.95. The Kier molecular flexibility index (Phi) is 5.98. The van der Waals surface area contributed by atoms with E-state index in [1.807, 2.05) is 45.3 Å². The van der Waals surface area contributed by atoms with Crippen molar-refractivity contribution in [2.45, 2.75) is 70.9 Å². The van der Waals surface area contributed by atoms with Crippen LogP contribution in [0.1, 0.15) is 63.5 Å². The van der Waals surface area contributed by atoms with Gasteiger partial charge in [-0.05, 0) is 94.7 Å². The second kappa shape index (κ2) is 8.54. The minimum atomic E-state index is -0.475. The molecule has 2 heterocycles. The molecule has 0 radical (unpaired) electrons. The van der Waals surface area contributed by atoms with Crippen molar-refractivity contribution < 1.29 is 9.53 Å². The number of rotatable bonds is 3. The number of hydrogen-bond donors (Lipinski definition) is 1. The number of ether oxygens (including phenoxy) is 1. The molecule has 1 aliphatic carbocycles. The molecule has 0 bridgehead atoms. The summed E-state index contributed by atoms with van der Waals surface area (Å²) in [6.45, 7) is 7.74. The van der Waals surface area contributed by atoms with Crippen molar-refractivity contribution in [3.63, 3.8) is 0 Å². The number of carbonyl (C=O) groups excluding carboxylic acids is 1. The fourth-order valence-corrected chi connectivity index (χ4v) is 4.76. The minimum absolute atomic E-state index is 0.166. The summed E-state index contributed by atoms with van der Waals surface area (Å²) >= 11 is 6.17. The van der Waals surface area contributed by atoms with Gasteiger partial charge in [0, 0.05) is 34.5 Å². The number of hydrogen-bond acceptors (Lipinski definition) is 3. The van der Waals surface area contributed by atoms with E-state index in [1.54, 1.807) is 0 Å². The van der Waals surface area contributed by atoms with Gasteiger partial charge in [-0.15, -0.1) is 0 Å². The van der Waals surface area contributed by atoms with Gasteiger partial charge in [-0.2, -0.15) is 0 Å². The Morgan fingerprint density at radius 3 is 2.61 bits per heavy atom. The Morgan fingerprint density at radius 1 is 1.19 bits per heavy atom. The zero-order valence-electron chi connectivity index (χ0n) is 18.6. The number of fused-ring (bicyclic) bond motifs is 1. The van der Waals surface area contributed by atoms with E-state index in [4.69, 9.17) is 16.3 Å². The third-order valence-corrected chi connectivity index (χ3v) is 6.18. The molecule has 164 valence electrons. The monoisotopic (exact) mass is 439 g/mol. The van der Waals surface area contributed by atoms with Crippen molar-refractivity contribution >= 4 is 28.6 Å². The Morgan fingerprint density at radius 2 is 1.94 bits per heavy atom. The molecule has 0 unspecified atom stereocenters. The number of nitrogens with one attached hydrogen (secondary N) is 1. The highest BCUT2D eigenvalue weighted by Crippen LogP contribution is 2.38. The molecule has 1 amide bonds. The quantitative estimate of drug-likeness (QED) is 0.504. The van der Waals surface area contributed by atoms with Crippen LogP contribution in [0.5, 0.6) is 0 Å². The van der Waals surface area contributed by atoms with Crippen LogP contribution in [0.15, 0.2) is 42.9 Å². The lowest BCUT2D eigenvalue weighted by Crippen LogP contribution is -2.40. The zero-order valence-corrected chi connectivity index (χ0v) is 19.4.